The van der Waals surface area contributed by atoms with Crippen molar-refractivity contribution >= 4 is 24.4 Å². The molecule has 0 aromatic carbocycles. The van der Waals surface area contributed by atoms with Crippen LogP contribution in [0.2, 0.25) is 0 Å². The van der Waals surface area contributed by atoms with Crippen LogP contribution in [-0.2, 0) is 23.9 Å². The number of carbonyl (C=O) groups is 4. The van der Waals surface area contributed by atoms with E-state index >= 15 is 0 Å². The molecule has 0 saturated heterocycles. The van der Waals surface area contributed by atoms with E-state index < -0.39 is 30.1 Å². The van der Waals surface area contributed by atoms with Crippen molar-refractivity contribution in [2.24, 2.45) is 11.8 Å². The fraction of sp³-hybridized carbons (Fsp3) is 0.733. The molecule has 0 radical (unpaired) electrons. The topological polar surface area (TPSA) is 111 Å². The molecule has 8 heteroatoms. The summed E-state index contributed by atoms with van der Waals surface area (Å²) in [6, 6.07) is -1.80. The van der Waals surface area contributed by atoms with Gasteiger partial charge in [0.1, 0.15) is 12.1 Å². The minimum atomic E-state index is -0.957. The number of hydrogen-bond donors (Lipinski definition) is 2. The average Bonchev–Trinajstić information content (AvgIpc) is 2.44. The van der Waals surface area contributed by atoms with Gasteiger partial charge in [0.25, 0.3) is 0 Å². The average molecular weight is 330 g/mol. The first-order valence-electron chi connectivity index (χ1n) is 7.50. The van der Waals surface area contributed by atoms with Crippen molar-refractivity contribution in [3.05, 3.63) is 0 Å². The zero-order valence-electron chi connectivity index (χ0n) is 14.3. The van der Waals surface area contributed by atoms with E-state index in [1.54, 1.807) is 0 Å². The normalized spacial score (nSPS) is 13.2. The van der Waals surface area contributed by atoms with E-state index in [1.807, 2.05) is 27.7 Å². The fourth-order valence-electron chi connectivity index (χ4n) is 1.99. The van der Waals surface area contributed by atoms with Crippen LogP contribution in [-0.4, -0.2) is 43.6 Å². The molecule has 0 aliphatic carbocycles. The third kappa shape index (κ3) is 8.80. The molecule has 0 unspecified atom stereocenters. The predicted octanol–water partition coefficient (Wildman–Crippen LogP) is 0.988. The molecule has 2 atom stereocenters. The van der Waals surface area contributed by atoms with Gasteiger partial charge in [0.15, 0.2) is 0 Å². The van der Waals surface area contributed by atoms with Gasteiger partial charge in [-0.2, -0.15) is 0 Å². The predicted molar refractivity (Wildman–Crippen MR) is 82.3 cm³/mol. The van der Waals surface area contributed by atoms with Gasteiger partial charge in [-0.25, -0.2) is 9.59 Å². The molecule has 0 rings (SSSR count). The molecule has 8 nitrogen and oxygen atoms in total. The summed E-state index contributed by atoms with van der Waals surface area (Å²) in [4.78, 5) is 45.8. The molecule has 2 N–H and O–H groups in total. The van der Waals surface area contributed by atoms with E-state index in [9.17, 15) is 19.2 Å². The SMILES string of the molecule is COC(=O)N[C@@H](CC(C)C)C(=O)N[C@@H](CC(C)C)C(=O)OC=O. The summed E-state index contributed by atoms with van der Waals surface area (Å²) in [6.45, 7) is 7.55. The molecule has 0 saturated carbocycles. The second-order valence-electron chi connectivity index (χ2n) is 6.04. The lowest BCUT2D eigenvalue weighted by molar-refractivity contribution is -0.154. The minimum Gasteiger partial charge on any atom is -0.453 e. The molecule has 0 heterocycles. The number of hydrogen-bond acceptors (Lipinski definition) is 6. The summed E-state index contributed by atoms with van der Waals surface area (Å²) < 4.78 is 8.82. The van der Waals surface area contributed by atoms with Crippen LogP contribution in [0.15, 0.2) is 0 Å². The highest BCUT2D eigenvalue weighted by atomic mass is 16.6. The van der Waals surface area contributed by atoms with Gasteiger partial charge in [-0.15, -0.1) is 0 Å². The van der Waals surface area contributed by atoms with Crippen molar-refractivity contribution in [3.8, 4) is 0 Å². The van der Waals surface area contributed by atoms with Crippen LogP contribution in [0.25, 0.3) is 0 Å². The molecule has 0 aliphatic heterocycles. The van der Waals surface area contributed by atoms with Crippen LogP contribution in [0.4, 0.5) is 4.79 Å². The zero-order valence-corrected chi connectivity index (χ0v) is 14.3. The first-order valence-corrected chi connectivity index (χ1v) is 7.50. The van der Waals surface area contributed by atoms with Crippen molar-refractivity contribution in [2.45, 2.75) is 52.6 Å². The van der Waals surface area contributed by atoms with Crippen LogP contribution in [0, 0.1) is 11.8 Å². The van der Waals surface area contributed by atoms with Gasteiger partial charge >= 0.3 is 18.5 Å². The van der Waals surface area contributed by atoms with Gasteiger partial charge in [0, 0.05) is 0 Å². The number of amides is 2. The Morgan fingerprint density at radius 1 is 0.957 bits per heavy atom. The number of esters is 1. The van der Waals surface area contributed by atoms with E-state index in [-0.39, 0.29) is 18.3 Å². The molecular formula is C15H26N2O6. The Labute approximate surface area is 136 Å². The van der Waals surface area contributed by atoms with Crippen molar-refractivity contribution in [1.82, 2.24) is 10.6 Å². The van der Waals surface area contributed by atoms with Crippen molar-refractivity contribution in [1.29, 1.82) is 0 Å². The number of rotatable bonds is 9. The Balaban J connectivity index is 5.01. The summed E-state index contributed by atoms with van der Waals surface area (Å²) in [6.07, 6.45) is -0.0509. The molecule has 0 aromatic heterocycles. The Hall–Kier alpha value is -2.12. The number of alkyl carbamates (subject to hydrolysis) is 1. The van der Waals surface area contributed by atoms with E-state index in [2.05, 4.69) is 20.1 Å². The largest absolute Gasteiger partial charge is 0.453 e. The lowest BCUT2D eigenvalue weighted by Gasteiger charge is -2.23. The maximum atomic E-state index is 12.4. The standard InChI is InChI=1S/C15H26N2O6/c1-9(2)6-11(17-15(21)22-5)13(19)16-12(7-10(3)4)14(20)23-8-18/h8-12H,6-7H2,1-5H3,(H,16,19)(H,17,21)/t11-,12-/m0/s1. The third-order valence-corrected chi connectivity index (χ3v) is 2.97. The Morgan fingerprint density at radius 3 is 1.91 bits per heavy atom. The van der Waals surface area contributed by atoms with Gasteiger partial charge in [-0.3, -0.25) is 9.59 Å². The smallest absolute Gasteiger partial charge is 0.407 e. The second-order valence-corrected chi connectivity index (χ2v) is 6.04. The molecule has 0 fully saturated rings. The molecule has 132 valence electrons. The van der Waals surface area contributed by atoms with Crippen molar-refractivity contribution in [2.75, 3.05) is 7.11 Å². The van der Waals surface area contributed by atoms with Crippen molar-refractivity contribution < 1.29 is 28.7 Å². The van der Waals surface area contributed by atoms with E-state index in [0.717, 1.165) is 0 Å². The van der Waals surface area contributed by atoms with Gasteiger partial charge < -0.3 is 20.1 Å². The van der Waals surface area contributed by atoms with Crippen LogP contribution in [0.5, 0.6) is 0 Å². The highest BCUT2D eigenvalue weighted by molar-refractivity contribution is 5.90. The Bertz CT molecular complexity index is 422. The summed E-state index contributed by atoms with van der Waals surface area (Å²) in [5, 5.41) is 4.96. The lowest BCUT2D eigenvalue weighted by atomic mass is 10.0. The van der Waals surface area contributed by atoms with Gasteiger partial charge in [-0.1, -0.05) is 27.7 Å². The number of carbonyl (C=O) groups excluding carboxylic acids is 4. The third-order valence-electron chi connectivity index (χ3n) is 2.97. The van der Waals surface area contributed by atoms with Crippen LogP contribution in [0.3, 0.4) is 0 Å². The molecule has 0 aliphatic rings. The maximum absolute atomic E-state index is 12.4. The number of ether oxygens (including phenoxy) is 2. The molecule has 0 aromatic rings. The number of methoxy groups -OCH3 is 1. The summed E-state index contributed by atoms with van der Waals surface area (Å²) in [5.41, 5.74) is 0. The summed E-state index contributed by atoms with van der Waals surface area (Å²) in [5.74, 6) is -1.13. The molecule has 0 bridgehead atoms. The minimum absolute atomic E-state index is 0.0279. The van der Waals surface area contributed by atoms with Crippen LogP contribution < -0.4 is 10.6 Å². The highest BCUT2D eigenvalue weighted by Crippen LogP contribution is 2.09. The summed E-state index contributed by atoms with van der Waals surface area (Å²) in [7, 11) is 1.20. The quantitative estimate of drug-likeness (QED) is 0.370. The molecular weight excluding hydrogens is 304 g/mol. The maximum Gasteiger partial charge on any atom is 0.407 e. The second kappa shape index (κ2) is 10.6. The molecule has 23 heavy (non-hydrogen) atoms. The van der Waals surface area contributed by atoms with E-state index in [1.165, 1.54) is 7.11 Å². The number of nitrogens with one attached hydrogen (secondary N) is 2. The Morgan fingerprint density at radius 2 is 1.48 bits per heavy atom. The summed E-state index contributed by atoms with van der Waals surface area (Å²) >= 11 is 0. The lowest BCUT2D eigenvalue weighted by Crippen LogP contribution is -2.52. The van der Waals surface area contributed by atoms with E-state index in [0.29, 0.717) is 12.8 Å². The molecule has 2 amide bonds. The van der Waals surface area contributed by atoms with E-state index in [4.69, 9.17) is 0 Å². The Kier molecular flexibility index (Phi) is 9.60. The highest BCUT2D eigenvalue weighted by Gasteiger charge is 2.28. The van der Waals surface area contributed by atoms with Crippen LogP contribution in [0.1, 0.15) is 40.5 Å². The van der Waals surface area contributed by atoms with Gasteiger partial charge in [-0.05, 0) is 24.7 Å². The zero-order chi connectivity index (χ0) is 18.0. The fourth-order valence-corrected chi connectivity index (χ4v) is 1.99. The monoisotopic (exact) mass is 330 g/mol. The van der Waals surface area contributed by atoms with Gasteiger partial charge in [0.2, 0.25) is 5.91 Å². The van der Waals surface area contributed by atoms with Crippen LogP contribution >= 0.6 is 0 Å². The van der Waals surface area contributed by atoms with Gasteiger partial charge in [0.05, 0.1) is 7.11 Å². The van der Waals surface area contributed by atoms with Crippen molar-refractivity contribution in [3.63, 3.8) is 0 Å². The molecule has 0 spiro atoms. The first-order chi connectivity index (χ1) is 10.7. The first kappa shape index (κ1) is 20.9.